The zero-order valence-corrected chi connectivity index (χ0v) is 8.41. The van der Waals surface area contributed by atoms with Crippen LogP contribution in [0.4, 0.5) is 0 Å². The SMILES string of the molecule is CC1CNS(=O)(=O)c2ccncc2O1. The quantitative estimate of drug-likeness (QED) is 0.667. The van der Waals surface area contributed by atoms with Gasteiger partial charge in [-0.1, -0.05) is 0 Å². The Bertz CT molecular complexity index is 444. The Morgan fingerprint density at radius 3 is 3.21 bits per heavy atom. The Kier molecular flexibility index (Phi) is 2.16. The summed E-state index contributed by atoms with van der Waals surface area (Å²) in [6.45, 7) is 2.07. The minimum atomic E-state index is -3.43. The number of hydrogen-bond acceptors (Lipinski definition) is 4. The fraction of sp³-hybridized carbons (Fsp3) is 0.375. The molecule has 1 aromatic heterocycles. The first kappa shape index (κ1) is 9.42. The van der Waals surface area contributed by atoms with E-state index in [9.17, 15) is 8.42 Å². The summed E-state index contributed by atoms with van der Waals surface area (Å²) in [4.78, 5) is 3.97. The van der Waals surface area contributed by atoms with Crippen molar-refractivity contribution in [2.24, 2.45) is 0 Å². The van der Waals surface area contributed by atoms with Crippen LogP contribution in [0.5, 0.6) is 5.75 Å². The van der Waals surface area contributed by atoms with Crippen molar-refractivity contribution in [1.82, 2.24) is 9.71 Å². The van der Waals surface area contributed by atoms with Crippen molar-refractivity contribution in [2.45, 2.75) is 17.9 Å². The third-order valence-corrected chi connectivity index (χ3v) is 3.39. The van der Waals surface area contributed by atoms with Gasteiger partial charge in [0.25, 0.3) is 0 Å². The van der Waals surface area contributed by atoms with Crippen LogP contribution in [0.3, 0.4) is 0 Å². The number of nitrogens with zero attached hydrogens (tertiary/aromatic N) is 1. The zero-order valence-electron chi connectivity index (χ0n) is 7.60. The molecule has 1 aliphatic heterocycles. The van der Waals surface area contributed by atoms with Gasteiger partial charge >= 0.3 is 0 Å². The lowest BCUT2D eigenvalue weighted by atomic mass is 10.4. The number of aromatic nitrogens is 1. The van der Waals surface area contributed by atoms with Gasteiger partial charge in [-0.2, -0.15) is 0 Å². The van der Waals surface area contributed by atoms with Crippen LogP contribution in [0, 0.1) is 0 Å². The van der Waals surface area contributed by atoms with Gasteiger partial charge in [0.15, 0.2) is 5.75 Å². The highest BCUT2D eigenvalue weighted by Gasteiger charge is 2.25. The molecule has 1 unspecified atom stereocenters. The number of ether oxygens (including phenoxy) is 1. The average Bonchev–Trinajstić information content (AvgIpc) is 2.25. The Labute approximate surface area is 82.2 Å². The summed E-state index contributed by atoms with van der Waals surface area (Å²) in [5, 5.41) is 0. The maximum absolute atomic E-state index is 11.6. The molecule has 6 heteroatoms. The van der Waals surface area contributed by atoms with Crippen molar-refractivity contribution in [2.75, 3.05) is 6.54 Å². The van der Waals surface area contributed by atoms with E-state index in [4.69, 9.17) is 4.74 Å². The molecule has 14 heavy (non-hydrogen) atoms. The molecule has 1 aromatic rings. The summed E-state index contributed by atoms with van der Waals surface area (Å²) in [5.74, 6) is 0.310. The average molecular weight is 214 g/mol. The Morgan fingerprint density at radius 2 is 2.43 bits per heavy atom. The van der Waals surface area contributed by atoms with Crippen molar-refractivity contribution in [3.8, 4) is 5.75 Å². The Balaban J connectivity index is 2.58. The number of nitrogens with one attached hydrogen (secondary N) is 1. The van der Waals surface area contributed by atoms with Gasteiger partial charge in [0, 0.05) is 12.7 Å². The zero-order chi connectivity index (χ0) is 10.2. The molecule has 5 nitrogen and oxygen atoms in total. The molecule has 0 radical (unpaired) electrons. The predicted molar refractivity (Wildman–Crippen MR) is 49.5 cm³/mol. The maximum atomic E-state index is 11.6. The molecule has 76 valence electrons. The van der Waals surface area contributed by atoms with Gasteiger partial charge in [0.2, 0.25) is 10.0 Å². The van der Waals surface area contributed by atoms with E-state index < -0.39 is 10.0 Å². The molecule has 0 bridgehead atoms. The standard InChI is InChI=1S/C8H10N2O3S/c1-6-4-10-14(11,12)8-2-3-9-5-7(8)13-6/h2-3,5-6,10H,4H2,1H3. The van der Waals surface area contributed by atoms with Crippen LogP contribution in [0.1, 0.15) is 6.92 Å². The lowest BCUT2D eigenvalue weighted by Gasteiger charge is -2.09. The monoisotopic (exact) mass is 214 g/mol. The van der Waals surface area contributed by atoms with Crippen LogP contribution in [0.15, 0.2) is 23.4 Å². The largest absolute Gasteiger partial charge is 0.486 e. The van der Waals surface area contributed by atoms with E-state index >= 15 is 0 Å². The second-order valence-corrected chi connectivity index (χ2v) is 4.84. The summed E-state index contributed by atoms with van der Waals surface area (Å²) in [7, 11) is -3.43. The predicted octanol–water partition coefficient (Wildman–Crippen LogP) is 0.141. The third kappa shape index (κ3) is 1.58. The fourth-order valence-corrected chi connectivity index (χ4v) is 2.46. The highest BCUT2D eigenvalue weighted by Crippen LogP contribution is 2.24. The van der Waals surface area contributed by atoms with Crippen molar-refractivity contribution in [1.29, 1.82) is 0 Å². The molecule has 0 fully saturated rings. The lowest BCUT2D eigenvalue weighted by Crippen LogP contribution is -2.29. The van der Waals surface area contributed by atoms with Gasteiger partial charge in [-0.3, -0.25) is 4.98 Å². The van der Waals surface area contributed by atoms with Gasteiger partial charge in [0.05, 0.1) is 6.20 Å². The topological polar surface area (TPSA) is 68.3 Å². The summed E-state index contributed by atoms with van der Waals surface area (Å²) in [6.07, 6.45) is 2.66. The van der Waals surface area contributed by atoms with E-state index in [1.54, 1.807) is 6.92 Å². The smallest absolute Gasteiger partial charge is 0.244 e. The summed E-state index contributed by atoms with van der Waals surface area (Å²) >= 11 is 0. The highest BCUT2D eigenvalue weighted by molar-refractivity contribution is 7.89. The van der Waals surface area contributed by atoms with Crippen LogP contribution in [0.25, 0.3) is 0 Å². The molecule has 0 saturated carbocycles. The van der Waals surface area contributed by atoms with Crippen molar-refractivity contribution in [3.05, 3.63) is 18.5 Å². The summed E-state index contributed by atoms with van der Waals surface area (Å²) < 4.78 is 31.1. The first-order valence-electron chi connectivity index (χ1n) is 4.20. The van der Waals surface area contributed by atoms with E-state index in [-0.39, 0.29) is 17.5 Å². The van der Waals surface area contributed by atoms with E-state index in [0.29, 0.717) is 5.75 Å². The van der Waals surface area contributed by atoms with Gasteiger partial charge in [-0.15, -0.1) is 0 Å². The molecule has 1 atom stereocenters. The van der Waals surface area contributed by atoms with E-state index in [0.717, 1.165) is 0 Å². The number of hydrogen-bond donors (Lipinski definition) is 1. The minimum Gasteiger partial charge on any atom is -0.486 e. The molecule has 1 N–H and O–H groups in total. The number of sulfonamides is 1. The highest BCUT2D eigenvalue weighted by atomic mass is 32.2. The molecular formula is C8H10N2O3S. The molecule has 2 rings (SSSR count). The molecule has 0 aliphatic carbocycles. The van der Waals surface area contributed by atoms with Gasteiger partial charge in [-0.05, 0) is 13.0 Å². The van der Waals surface area contributed by atoms with Gasteiger partial charge in [0.1, 0.15) is 11.0 Å². The molecular weight excluding hydrogens is 204 g/mol. The first-order valence-corrected chi connectivity index (χ1v) is 5.68. The van der Waals surface area contributed by atoms with Crippen LogP contribution < -0.4 is 9.46 Å². The van der Waals surface area contributed by atoms with Crippen LogP contribution in [-0.4, -0.2) is 26.1 Å². The normalized spacial score (nSPS) is 24.5. The summed E-state index contributed by atoms with van der Waals surface area (Å²) in [5.41, 5.74) is 0. The molecule has 1 aliphatic rings. The van der Waals surface area contributed by atoms with Crippen molar-refractivity contribution in [3.63, 3.8) is 0 Å². The van der Waals surface area contributed by atoms with E-state index in [1.807, 2.05) is 0 Å². The fourth-order valence-electron chi connectivity index (χ4n) is 1.24. The maximum Gasteiger partial charge on any atom is 0.244 e. The Morgan fingerprint density at radius 1 is 1.64 bits per heavy atom. The van der Waals surface area contributed by atoms with E-state index in [1.165, 1.54) is 18.5 Å². The Hall–Kier alpha value is -1.14. The van der Waals surface area contributed by atoms with Gasteiger partial charge in [-0.25, -0.2) is 13.1 Å². The number of fused-ring (bicyclic) bond motifs is 1. The third-order valence-electron chi connectivity index (χ3n) is 1.93. The second-order valence-electron chi connectivity index (χ2n) is 3.10. The number of rotatable bonds is 0. The molecule has 0 aromatic carbocycles. The molecule has 2 heterocycles. The van der Waals surface area contributed by atoms with Crippen LogP contribution in [-0.2, 0) is 10.0 Å². The second kappa shape index (κ2) is 3.21. The van der Waals surface area contributed by atoms with E-state index in [2.05, 4.69) is 9.71 Å². The molecule has 0 amide bonds. The van der Waals surface area contributed by atoms with Crippen molar-refractivity contribution >= 4 is 10.0 Å². The molecule has 0 spiro atoms. The first-order chi connectivity index (χ1) is 6.59. The van der Waals surface area contributed by atoms with Crippen molar-refractivity contribution < 1.29 is 13.2 Å². The minimum absolute atomic E-state index is 0.150. The molecule has 0 saturated heterocycles. The summed E-state index contributed by atoms with van der Waals surface area (Å²) in [6, 6.07) is 1.43. The lowest BCUT2D eigenvalue weighted by molar-refractivity contribution is 0.223. The van der Waals surface area contributed by atoms with Crippen LogP contribution in [0.2, 0.25) is 0 Å². The van der Waals surface area contributed by atoms with Crippen LogP contribution >= 0.6 is 0 Å². The number of pyridine rings is 1. The van der Waals surface area contributed by atoms with Gasteiger partial charge < -0.3 is 4.74 Å².